The molecule has 1 unspecified atom stereocenters. The topological polar surface area (TPSA) is 224 Å². The Hall–Kier alpha value is -4.84. The Morgan fingerprint density at radius 3 is 2.06 bits per heavy atom. The highest BCUT2D eigenvalue weighted by Crippen LogP contribution is 2.41. The number of ether oxygens (including phenoxy) is 2. The van der Waals surface area contributed by atoms with Crippen molar-refractivity contribution in [2.45, 2.75) is 147 Å². The number of rotatable bonds is 23. The lowest BCUT2D eigenvalue weighted by atomic mass is 9.89. The van der Waals surface area contributed by atoms with Gasteiger partial charge < -0.3 is 41.8 Å². The summed E-state index contributed by atoms with van der Waals surface area (Å²) in [7, 11) is 1.55. The number of nitrogens with one attached hydrogen (secondary N) is 1. The predicted octanol–water partition coefficient (Wildman–Crippen LogP) is 5.67. The lowest BCUT2D eigenvalue weighted by molar-refractivity contribution is -0.147. The summed E-state index contributed by atoms with van der Waals surface area (Å²) in [5.41, 5.74) is 20.4. The Kier molecular flexibility index (Phi) is 20.8. The van der Waals surface area contributed by atoms with Crippen molar-refractivity contribution in [3.63, 3.8) is 0 Å². The van der Waals surface area contributed by atoms with Gasteiger partial charge in [-0.25, -0.2) is 0 Å². The first-order chi connectivity index (χ1) is 29.9. The van der Waals surface area contributed by atoms with Gasteiger partial charge in [-0.2, -0.15) is 5.26 Å². The second kappa shape index (κ2) is 25.9. The molecule has 5 atom stereocenters. The summed E-state index contributed by atoms with van der Waals surface area (Å²) in [4.78, 5) is 73.2. The summed E-state index contributed by atoms with van der Waals surface area (Å²) in [5.74, 6) is -1.75. The summed E-state index contributed by atoms with van der Waals surface area (Å²) in [6.45, 7) is 4.94. The molecule has 0 radical (unpaired) electrons. The molecule has 340 valence electrons. The molecule has 3 amide bonds. The van der Waals surface area contributed by atoms with E-state index in [9.17, 15) is 29.2 Å². The molecule has 0 aromatic heterocycles. The standard InChI is InChI=1S/C48H71N7O7/c1-4-5-6-7-8-9-10-11-12-13-14-17-45(58)55-32-36(52)31-40(55)48(60)54(3)46-35-19-21-44(62-26-24-51)38(30-35)37-28-34(18-20-43(37)61-25-23-50)29-39(41(56)16-15-22-49)53-47(59)33(2)27-42(46)57/h18-21,28,30,33,36,39-40,46H,4-17,23-27,29,31-32,50-52H2,1-3H3,(H,53,59)/t33-,36-,39+,40?,46+/m1/s1. The van der Waals surface area contributed by atoms with Gasteiger partial charge in [0.1, 0.15) is 36.8 Å². The molecule has 2 aromatic carbocycles. The van der Waals surface area contributed by atoms with Crippen molar-refractivity contribution < 1.29 is 33.4 Å². The normalized spacial score (nSPS) is 20.2. The first kappa shape index (κ1) is 49.8. The maximum Gasteiger partial charge on any atom is 0.246 e. The lowest BCUT2D eigenvalue weighted by Crippen LogP contribution is -2.49. The number of nitrogens with two attached hydrogens (primary N) is 3. The minimum atomic E-state index is -1.17. The van der Waals surface area contributed by atoms with Crippen LogP contribution in [0.1, 0.15) is 134 Å². The van der Waals surface area contributed by atoms with Gasteiger partial charge in [-0.15, -0.1) is 0 Å². The van der Waals surface area contributed by atoms with Crippen molar-refractivity contribution in [3.8, 4) is 28.7 Å². The van der Waals surface area contributed by atoms with Crippen molar-refractivity contribution in [1.82, 2.24) is 15.1 Å². The molecule has 14 nitrogen and oxygen atoms in total. The number of carbonyl (C=O) groups excluding carboxylic acids is 5. The molecule has 0 aliphatic carbocycles. The summed E-state index contributed by atoms with van der Waals surface area (Å²) < 4.78 is 12.2. The van der Waals surface area contributed by atoms with Crippen molar-refractivity contribution in [1.29, 1.82) is 5.26 Å². The van der Waals surface area contributed by atoms with Gasteiger partial charge in [0, 0.05) is 75.5 Å². The monoisotopic (exact) mass is 858 g/mol. The van der Waals surface area contributed by atoms with E-state index in [2.05, 4.69) is 12.2 Å². The number of ketones is 2. The zero-order valence-corrected chi connectivity index (χ0v) is 37.3. The highest BCUT2D eigenvalue weighted by atomic mass is 16.5. The van der Waals surface area contributed by atoms with Crippen LogP contribution in [-0.4, -0.2) is 97.1 Å². The van der Waals surface area contributed by atoms with Gasteiger partial charge in [0.05, 0.1) is 12.1 Å². The smallest absolute Gasteiger partial charge is 0.246 e. The van der Waals surface area contributed by atoms with Crippen LogP contribution in [0, 0.1) is 17.2 Å². The zero-order chi connectivity index (χ0) is 45.0. The average Bonchev–Trinajstić information content (AvgIpc) is 3.66. The number of amides is 3. The molecular formula is C48H71N7O7. The van der Waals surface area contributed by atoms with E-state index in [-0.39, 0.29) is 76.6 Å². The fourth-order valence-electron chi connectivity index (χ4n) is 8.54. The molecule has 2 aromatic rings. The van der Waals surface area contributed by atoms with E-state index >= 15 is 0 Å². The second-order valence-corrected chi connectivity index (χ2v) is 17.0. The Morgan fingerprint density at radius 2 is 1.45 bits per heavy atom. The number of carbonyl (C=O) groups is 5. The molecule has 4 rings (SSSR count). The van der Waals surface area contributed by atoms with Crippen molar-refractivity contribution in [2.24, 2.45) is 23.1 Å². The molecule has 1 fully saturated rings. The van der Waals surface area contributed by atoms with Crippen LogP contribution in [0.2, 0.25) is 0 Å². The van der Waals surface area contributed by atoms with E-state index < -0.39 is 47.7 Å². The van der Waals surface area contributed by atoms with E-state index in [0.29, 0.717) is 40.2 Å². The van der Waals surface area contributed by atoms with E-state index in [4.69, 9.17) is 26.7 Å². The van der Waals surface area contributed by atoms with Gasteiger partial charge in [0.15, 0.2) is 11.6 Å². The van der Waals surface area contributed by atoms with Gasteiger partial charge in [-0.05, 0) is 54.7 Å². The zero-order valence-electron chi connectivity index (χ0n) is 37.3. The van der Waals surface area contributed by atoms with Gasteiger partial charge in [-0.1, -0.05) is 90.2 Å². The molecule has 4 bridgehead atoms. The fraction of sp³-hybridized carbons (Fsp3) is 0.625. The summed E-state index contributed by atoms with van der Waals surface area (Å²) >= 11 is 0. The van der Waals surface area contributed by atoms with Crippen LogP contribution >= 0.6 is 0 Å². The molecule has 7 N–H and O–H groups in total. The Labute approximate surface area is 368 Å². The van der Waals surface area contributed by atoms with Gasteiger partial charge in [0.2, 0.25) is 17.7 Å². The molecule has 2 heterocycles. The maximum absolute atomic E-state index is 14.7. The van der Waals surface area contributed by atoms with E-state index in [1.54, 1.807) is 49.2 Å². The first-order valence-electron chi connectivity index (χ1n) is 22.9. The number of nitriles is 1. The number of likely N-dealkylation sites (N-methyl/N-ethyl adjacent to an activating group) is 1. The van der Waals surface area contributed by atoms with Crippen LogP contribution in [-0.2, 0) is 30.4 Å². The average molecular weight is 858 g/mol. The molecule has 0 saturated carbocycles. The van der Waals surface area contributed by atoms with Crippen LogP contribution in [0.5, 0.6) is 11.5 Å². The van der Waals surface area contributed by atoms with Crippen LogP contribution in [0.25, 0.3) is 11.1 Å². The highest BCUT2D eigenvalue weighted by molar-refractivity contribution is 5.97. The lowest BCUT2D eigenvalue weighted by Gasteiger charge is -2.33. The van der Waals surface area contributed by atoms with Crippen LogP contribution in [0.15, 0.2) is 36.4 Å². The largest absolute Gasteiger partial charge is 0.492 e. The number of fused-ring (bicyclic) bond motifs is 5. The third kappa shape index (κ3) is 14.4. The van der Waals surface area contributed by atoms with E-state index in [0.717, 1.165) is 25.7 Å². The van der Waals surface area contributed by atoms with Gasteiger partial charge in [-0.3, -0.25) is 24.0 Å². The molecule has 14 heteroatoms. The van der Waals surface area contributed by atoms with Crippen LogP contribution in [0.4, 0.5) is 0 Å². The summed E-state index contributed by atoms with van der Waals surface area (Å²) in [6.07, 6.45) is 13.1. The van der Waals surface area contributed by atoms with E-state index in [1.807, 2.05) is 12.1 Å². The maximum atomic E-state index is 14.7. The van der Waals surface area contributed by atoms with Crippen LogP contribution < -0.4 is 32.0 Å². The quantitative estimate of drug-likeness (QED) is 0.0997. The fourth-order valence-corrected chi connectivity index (χ4v) is 8.54. The molecule has 1 saturated heterocycles. The predicted molar refractivity (Wildman–Crippen MR) is 240 cm³/mol. The van der Waals surface area contributed by atoms with E-state index in [1.165, 1.54) is 49.8 Å². The number of unbranched alkanes of at least 4 members (excludes halogenated alkanes) is 10. The molecule has 2 aliphatic heterocycles. The number of Topliss-reactive ketones (excluding diaryl/α,β-unsaturated/α-hetero) is 2. The number of hydrogen-bond acceptors (Lipinski definition) is 11. The number of benzene rings is 2. The minimum Gasteiger partial charge on any atom is -0.492 e. The molecular weight excluding hydrogens is 787 g/mol. The second-order valence-electron chi connectivity index (χ2n) is 17.0. The highest BCUT2D eigenvalue weighted by Gasteiger charge is 2.42. The first-order valence-corrected chi connectivity index (χ1v) is 22.9. The Balaban J connectivity index is 1.66. The number of hydrogen-bond donors (Lipinski definition) is 4. The minimum absolute atomic E-state index is 0.0126. The van der Waals surface area contributed by atoms with Crippen molar-refractivity contribution in [3.05, 3.63) is 47.5 Å². The third-order valence-corrected chi connectivity index (χ3v) is 12.0. The Morgan fingerprint density at radius 1 is 0.855 bits per heavy atom. The third-order valence-electron chi connectivity index (χ3n) is 12.0. The van der Waals surface area contributed by atoms with Gasteiger partial charge >= 0.3 is 0 Å². The number of nitrogens with zero attached hydrogens (tertiary/aromatic N) is 3. The van der Waals surface area contributed by atoms with Crippen LogP contribution in [0.3, 0.4) is 0 Å². The molecule has 62 heavy (non-hydrogen) atoms. The van der Waals surface area contributed by atoms with Crippen molar-refractivity contribution in [2.75, 3.05) is 39.9 Å². The summed E-state index contributed by atoms with van der Waals surface area (Å²) in [5, 5.41) is 12.1. The number of likely N-dealkylation sites (tertiary alicyclic amines) is 1. The van der Waals surface area contributed by atoms with Crippen molar-refractivity contribution >= 4 is 29.3 Å². The molecule has 0 spiro atoms. The Bertz CT molecular complexity index is 1850. The molecule has 2 aliphatic rings. The SMILES string of the molecule is CCCCCCCCCCCCCC(=O)N1C[C@H](N)CC1C(=O)N(C)[C@@H]1C(=O)C[C@@H](C)C(=O)N[C@H](C(=O)CCC#N)Cc2ccc(OCCN)c(c2)-c2cc1ccc2OCCN. The summed E-state index contributed by atoms with van der Waals surface area (Å²) in [6, 6.07) is 9.23. The van der Waals surface area contributed by atoms with Gasteiger partial charge in [0.25, 0.3) is 0 Å².